The number of nitrogens with zero attached hydrogens (tertiary/aromatic N) is 1. The Bertz CT molecular complexity index is 449. The molecule has 0 unspecified atom stereocenters. The fourth-order valence-corrected chi connectivity index (χ4v) is 2.99. The molecule has 96 valence electrons. The molecular weight excluding hydrogens is 228 g/mol. The Kier molecular flexibility index (Phi) is 2.96. The first-order valence-electron chi connectivity index (χ1n) is 6.49. The molecule has 2 fully saturated rings. The molecule has 2 saturated heterocycles. The predicted molar refractivity (Wildman–Crippen MR) is 68.2 cm³/mol. The Labute approximate surface area is 107 Å². The van der Waals surface area contributed by atoms with Gasteiger partial charge in [-0.25, -0.2) is 0 Å². The third-order valence-corrected chi connectivity index (χ3v) is 4.08. The fourth-order valence-electron chi connectivity index (χ4n) is 2.99. The molecule has 2 N–H and O–H groups in total. The SMILES string of the molecule is O=C(Cc1ccccc1O)N1C[C@H]2CNC[C@H]2C1. The maximum atomic E-state index is 12.2. The van der Waals surface area contributed by atoms with Crippen molar-refractivity contribution in [3.8, 4) is 5.75 Å². The Balaban J connectivity index is 1.64. The number of benzene rings is 1. The second-order valence-electron chi connectivity index (χ2n) is 5.28. The van der Waals surface area contributed by atoms with Gasteiger partial charge in [-0.15, -0.1) is 0 Å². The van der Waals surface area contributed by atoms with Gasteiger partial charge in [0.25, 0.3) is 0 Å². The summed E-state index contributed by atoms with van der Waals surface area (Å²) in [6.07, 6.45) is 0.305. The molecular formula is C14H18N2O2. The molecule has 0 spiro atoms. The van der Waals surface area contributed by atoms with E-state index < -0.39 is 0 Å². The van der Waals surface area contributed by atoms with Crippen LogP contribution >= 0.6 is 0 Å². The highest BCUT2D eigenvalue weighted by Crippen LogP contribution is 2.27. The van der Waals surface area contributed by atoms with Crippen molar-refractivity contribution in [3.63, 3.8) is 0 Å². The lowest BCUT2D eigenvalue weighted by atomic mass is 10.0. The maximum absolute atomic E-state index is 12.2. The Hall–Kier alpha value is -1.55. The van der Waals surface area contributed by atoms with Crippen molar-refractivity contribution in [1.82, 2.24) is 10.2 Å². The summed E-state index contributed by atoms with van der Waals surface area (Å²) in [5.41, 5.74) is 0.720. The van der Waals surface area contributed by atoms with Gasteiger partial charge >= 0.3 is 0 Å². The summed E-state index contributed by atoms with van der Waals surface area (Å²) >= 11 is 0. The average Bonchev–Trinajstić information content (AvgIpc) is 2.92. The van der Waals surface area contributed by atoms with Crippen molar-refractivity contribution in [2.24, 2.45) is 11.8 Å². The van der Waals surface area contributed by atoms with Crippen LogP contribution in [0.25, 0.3) is 0 Å². The van der Waals surface area contributed by atoms with Crippen LogP contribution in [0, 0.1) is 11.8 Å². The van der Waals surface area contributed by atoms with Gasteiger partial charge in [0.1, 0.15) is 5.75 Å². The van der Waals surface area contributed by atoms with Crippen LogP contribution in [0.1, 0.15) is 5.56 Å². The molecule has 1 amide bonds. The monoisotopic (exact) mass is 246 g/mol. The van der Waals surface area contributed by atoms with Gasteiger partial charge in [-0.3, -0.25) is 4.79 Å². The molecule has 0 aliphatic carbocycles. The van der Waals surface area contributed by atoms with Gasteiger partial charge in [-0.2, -0.15) is 0 Å². The van der Waals surface area contributed by atoms with Gasteiger partial charge in [0.2, 0.25) is 5.91 Å². The van der Waals surface area contributed by atoms with E-state index in [-0.39, 0.29) is 11.7 Å². The lowest BCUT2D eigenvalue weighted by Crippen LogP contribution is -2.32. The van der Waals surface area contributed by atoms with E-state index in [1.165, 1.54) is 0 Å². The molecule has 0 aromatic heterocycles. The van der Waals surface area contributed by atoms with Crippen LogP contribution in [0.2, 0.25) is 0 Å². The number of likely N-dealkylation sites (tertiary alicyclic amines) is 1. The Morgan fingerprint density at radius 3 is 2.61 bits per heavy atom. The van der Waals surface area contributed by atoms with E-state index in [4.69, 9.17) is 0 Å². The highest BCUT2D eigenvalue weighted by molar-refractivity contribution is 5.79. The molecule has 1 aromatic rings. The molecule has 0 saturated carbocycles. The molecule has 2 aliphatic rings. The smallest absolute Gasteiger partial charge is 0.227 e. The Morgan fingerprint density at radius 2 is 1.94 bits per heavy atom. The van der Waals surface area contributed by atoms with Crippen LogP contribution in [0.15, 0.2) is 24.3 Å². The molecule has 4 nitrogen and oxygen atoms in total. The van der Waals surface area contributed by atoms with E-state index in [2.05, 4.69) is 5.32 Å². The highest BCUT2D eigenvalue weighted by Gasteiger charge is 2.37. The van der Waals surface area contributed by atoms with Gasteiger partial charge in [0.15, 0.2) is 0 Å². The molecule has 2 heterocycles. The number of fused-ring (bicyclic) bond motifs is 1. The molecule has 4 heteroatoms. The molecule has 2 aliphatic heterocycles. The summed E-state index contributed by atoms with van der Waals surface area (Å²) < 4.78 is 0. The summed E-state index contributed by atoms with van der Waals surface area (Å²) in [5, 5.41) is 13.0. The van der Waals surface area contributed by atoms with Crippen LogP contribution in [-0.2, 0) is 11.2 Å². The van der Waals surface area contributed by atoms with E-state index in [9.17, 15) is 9.90 Å². The number of carbonyl (C=O) groups excluding carboxylic acids is 1. The van der Waals surface area contributed by atoms with E-state index >= 15 is 0 Å². The number of hydrogen-bond acceptors (Lipinski definition) is 3. The van der Waals surface area contributed by atoms with Gasteiger partial charge in [0, 0.05) is 31.7 Å². The third kappa shape index (κ3) is 2.08. The second-order valence-corrected chi connectivity index (χ2v) is 5.28. The lowest BCUT2D eigenvalue weighted by molar-refractivity contribution is -0.129. The van der Waals surface area contributed by atoms with Crippen molar-refractivity contribution in [3.05, 3.63) is 29.8 Å². The van der Waals surface area contributed by atoms with Crippen molar-refractivity contribution in [2.75, 3.05) is 26.2 Å². The van der Waals surface area contributed by atoms with Gasteiger partial charge < -0.3 is 15.3 Å². The van der Waals surface area contributed by atoms with Crippen LogP contribution in [0.3, 0.4) is 0 Å². The highest BCUT2D eigenvalue weighted by atomic mass is 16.3. The van der Waals surface area contributed by atoms with E-state index in [1.54, 1.807) is 12.1 Å². The molecule has 0 bridgehead atoms. The van der Waals surface area contributed by atoms with E-state index in [0.717, 1.165) is 31.7 Å². The minimum atomic E-state index is 0.130. The zero-order valence-corrected chi connectivity index (χ0v) is 10.3. The number of amides is 1. The summed E-state index contributed by atoms with van der Waals surface area (Å²) in [4.78, 5) is 14.1. The second kappa shape index (κ2) is 4.61. The minimum absolute atomic E-state index is 0.130. The molecule has 2 atom stereocenters. The van der Waals surface area contributed by atoms with Crippen LogP contribution in [0.4, 0.5) is 0 Å². The predicted octanol–water partition coefficient (Wildman–Crippen LogP) is 0.612. The zero-order chi connectivity index (χ0) is 12.5. The number of para-hydroxylation sites is 1. The van der Waals surface area contributed by atoms with Crippen molar-refractivity contribution < 1.29 is 9.90 Å². The largest absolute Gasteiger partial charge is 0.508 e. The topological polar surface area (TPSA) is 52.6 Å². The number of phenols is 1. The number of rotatable bonds is 2. The maximum Gasteiger partial charge on any atom is 0.227 e. The number of aromatic hydroxyl groups is 1. The summed E-state index contributed by atoms with van der Waals surface area (Å²) in [6, 6.07) is 7.07. The number of hydrogen-bond donors (Lipinski definition) is 2. The van der Waals surface area contributed by atoms with Crippen molar-refractivity contribution >= 4 is 5.91 Å². The van der Waals surface area contributed by atoms with Gasteiger partial charge in [-0.05, 0) is 17.9 Å². The van der Waals surface area contributed by atoms with Crippen LogP contribution in [-0.4, -0.2) is 42.1 Å². The average molecular weight is 246 g/mol. The van der Waals surface area contributed by atoms with Crippen LogP contribution in [0.5, 0.6) is 5.75 Å². The summed E-state index contributed by atoms with van der Waals surface area (Å²) in [6.45, 7) is 3.80. The number of phenolic OH excluding ortho intramolecular Hbond substituents is 1. The number of nitrogens with one attached hydrogen (secondary N) is 1. The first-order valence-corrected chi connectivity index (χ1v) is 6.49. The number of carbonyl (C=O) groups is 1. The summed E-state index contributed by atoms with van der Waals surface area (Å²) in [7, 11) is 0. The third-order valence-electron chi connectivity index (χ3n) is 4.08. The normalized spacial score (nSPS) is 26.3. The molecule has 1 aromatic carbocycles. The van der Waals surface area contributed by atoms with E-state index in [1.807, 2.05) is 17.0 Å². The quantitative estimate of drug-likeness (QED) is 0.804. The zero-order valence-electron chi connectivity index (χ0n) is 10.3. The fraction of sp³-hybridized carbons (Fsp3) is 0.500. The Morgan fingerprint density at radius 1 is 1.28 bits per heavy atom. The molecule has 0 radical (unpaired) electrons. The van der Waals surface area contributed by atoms with Crippen LogP contribution < -0.4 is 5.32 Å². The van der Waals surface area contributed by atoms with Crippen molar-refractivity contribution in [1.29, 1.82) is 0 Å². The summed E-state index contributed by atoms with van der Waals surface area (Å²) in [5.74, 6) is 1.59. The lowest BCUT2D eigenvalue weighted by Gasteiger charge is -2.17. The van der Waals surface area contributed by atoms with Crippen molar-refractivity contribution in [2.45, 2.75) is 6.42 Å². The molecule has 18 heavy (non-hydrogen) atoms. The minimum Gasteiger partial charge on any atom is -0.508 e. The molecule has 3 rings (SSSR count). The van der Waals surface area contributed by atoms with E-state index in [0.29, 0.717) is 18.3 Å². The van der Waals surface area contributed by atoms with Gasteiger partial charge in [-0.1, -0.05) is 18.2 Å². The van der Waals surface area contributed by atoms with Gasteiger partial charge in [0.05, 0.1) is 6.42 Å². The standard InChI is InChI=1S/C14H18N2O2/c17-13-4-2-1-3-10(13)5-14(18)16-8-11-6-15-7-12(11)9-16/h1-4,11-12,15,17H,5-9H2/t11-,12+. The first kappa shape index (κ1) is 11.5. The first-order chi connectivity index (χ1) is 8.74.